The van der Waals surface area contributed by atoms with E-state index in [4.69, 9.17) is 0 Å². The molecule has 30 heavy (non-hydrogen) atoms. The molecule has 0 radical (unpaired) electrons. The molecule has 0 bridgehead atoms. The average molecular weight is 456 g/mol. The van der Waals surface area contributed by atoms with Gasteiger partial charge in [-0.1, -0.05) is 46.6 Å². The van der Waals surface area contributed by atoms with E-state index < -0.39 is 0 Å². The predicted molar refractivity (Wildman–Crippen MR) is 128 cm³/mol. The highest BCUT2D eigenvalue weighted by Crippen LogP contribution is 2.31. The number of carbonyl (C=O) groups excluding carboxylic acids is 1. The van der Waals surface area contributed by atoms with Crippen LogP contribution in [0.1, 0.15) is 22.3 Å². The quantitative estimate of drug-likeness (QED) is 0.355. The Kier molecular flexibility index (Phi) is 6.03. The van der Waals surface area contributed by atoms with E-state index in [2.05, 4.69) is 70.9 Å². The third kappa shape index (κ3) is 4.80. The number of fused-ring (bicyclic) bond motifs is 1. The van der Waals surface area contributed by atoms with Crippen molar-refractivity contribution < 1.29 is 4.79 Å². The summed E-state index contributed by atoms with van der Waals surface area (Å²) < 4.78 is 1.83. The van der Waals surface area contributed by atoms with Crippen molar-refractivity contribution in [2.24, 2.45) is 0 Å². The van der Waals surface area contributed by atoms with Gasteiger partial charge in [-0.15, -0.1) is 10.2 Å². The number of anilines is 3. The molecule has 1 amide bonds. The summed E-state index contributed by atoms with van der Waals surface area (Å²) in [6.45, 7) is 8.26. The lowest BCUT2D eigenvalue weighted by Crippen LogP contribution is -2.13. The predicted octanol–water partition coefficient (Wildman–Crippen LogP) is 5.86. The highest BCUT2D eigenvalue weighted by atomic mass is 32.2. The molecule has 6 nitrogen and oxygen atoms in total. The van der Waals surface area contributed by atoms with Crippen LogP contribution in [0.4, 0.5) is 16.0 Å². The van der Waals surface area contributed by atoms with E-state index in [1.54, 1.807) is 0 Å². The average Bonchev–Trinajstić information content (AvgIpc) is 3.29. The molecule has 0 saturated carbocycles. The molecule has 0 fully saturated rings. The van der Waals surface area contributed by atoms with Crippen molar-refractivity contribution in [3.63, 3.8) is 0 Å². The van der Waals surface area contributed by atoms with Crippen LogP contribution in [0, 0.1) is 27.7 Å². The van der Waals surface area contributed by atoms with Gasteiger partial charge in [-0.25, -0.2) is 4.98 Å². The molecule has 9 heteroatoms. The fourth-order valence-electron chi connectivity index (χ4n) is 2.97. The van der Waals surface area contributed by atoms with E-state index in [0.717, 1.165) is 25.8 Å². The number of nitrogens with zero attached hydrogens (tertiary/aromatic N) is 3. The maximum atomic E-state index is 12.4. The normalized spacial score (nSPS) is 11.1. The third-order valence-corrected chi connectivity index (χ3v) is 7.46. The lowest BCUT2D eigenvalue weighted by molar-refractivity contribution is -0.113. The summed E-state index contributed by atoms with van der Waals surface area (Å²) >= 11 is 4.29. The fourth-order valence-corrected chi connectivity index (χ4v) is 5.60. The van der Waals surface area contributed by atoms with Gasteiger partial charge in [0.05, 0.1) is 16.0 Å². The maximum absolute atomic E-state index is 12.4. The lowest BCUT2D eigenvalue weighted by atomic mass is 10.1. The van der Waals surface area contributed by atoms with Crippen LogP contribution in [0.2, 0.25) is 0 Å². The number of benzene rings is 2. The zero-order valence-electron chi connectivity index (χ0n) is 17.1. The van der Waals surface area contributed by atoms with Crippen molar-refractivity contribution in [1.82, 2.24) is 15.2 Å². The van der Waals surface area contributed by atoms with Crippen LogP contribution in [0.15, 0.2) is 34.7 Å². The van der Waals surface area contributed by atoms with Crippen LogP contribution in [-0.4, -0.2) is 26.8 Å². The fraction of sp³-hybridized carbons (Fsp3) is 0.238. The van der Waals surface area contributed by atoms with Gasteiger partial charge in [0.25, 0.3) is 0 Å². The summed E-state index contributed by atoms with van der Waals surface area (Å²) in [5.41, 5.74) is 6.70. The SMILES string of the molecule is Cc1cc(C)c2nc(NC(=O)CSc3nnc(Nc4ccc(C)c(C)c4)s3)sc2c1. The van der Waals surface area contributed by atoms with E-state index >= 15 is 0 Å². The highest BCUT2D eigenvalue weighted by Gasteiger charge is 2.12. The largest absolute Gasteiger partial charge is 0.330 e. The second-order valence-electron chi connectivity index (χ2n) is 7.08. The van der Waals surface area contributed by atoms with Crippen LogP contribution in [0.5, 0.6) is 0 Å². The van der Waals surface area contributed by atoms with Gasteiger partial charge < -0.3 is 10.6 Å². The summed E-state index contributed by atoms with van der Waals surface area (Å²) in [6.07, 6.45) is 0. The molecule has 2 aromatic heterocycles. The van der Waals surface area contributed by atoms with Gasteiger partial charge in [-0.05, 0) is 68.1 Å². The minimum atomic E-state index is -0.104. The second-order valence-corrected chi connectivity index (χ2v) is 10.3. The molecular formula is C21H21N5OS3. The van der Waals surface area contributed by atoms with Crippen LogP contribution < -0.4 is 10.6 Å². The monoisotopic (exact) mass is 455 g/mol. The molecule has 0 unspecified atom stereocenters. The van der Waals surface area contributed by atoms with Crippen molar-refractivity contribution >= 4 is 66.5 Å². The first-order valence-corrected chi connectivity index (χ1v) is 12.0. The number of carbonyl (C=O) groups is 1. The first-order chi connectivity index (χ1) is 14.4. The van der Waals surface area contributed by atoms with Crippen molar-refractivity contribution in [3.8, 4) is 0 Å². The Morgan fingerprint density at radius 1 is 0.967 bits per heavy atom. The van der Waals surface area contributed by atoms with Gasteiger partial charge >= 0.3 is 0 Å². The minimum absolute atomic E-state index is 0.104. The molecule has 0 saturated heterocycles. The first kappa shape index (κ1) is 20.8. The Morgan fingerprint density at radius 3 is 2.60 bits per heavy atom. The molecule has 154 valence electrons. The van der Waals surface area contributed by atoms with E-state index in [1.165, 1.54) is 51.1 Å². The Bertz CT molecular complexity index is 1230. The minimum Gasteiger partial charge on any atom is -0.330 e. The molecule has 2 N–H and O–H groups in total. The number of hydrogen-bond acceptors (Lipinski definition) is 8. The third-order valence-electron chi connectivity index (χ3n) is 4.57. The number of thiazole rings is 1. The number of hydrogen-bond donors (Lipinski definition) is 2. The molecule has 0 aliphatic heterocycles. The molecule has 0 aliphatic carbocycles. The smallest absolute Gasteiger partial charge is 0.236 e. The van der Waals surface area contributed by atoms with Crippen molar-refractivity contribution in [2.75, 3.05) is 16.4 Å². The Morgan fingerprint density at radius 2 is 1.80 bits per heavy atom. The van der Waals surface area contributed by atoms with Gasteiger partial charge in [0.1, 0.15) is 0 Å². The molecule has 0 spiro atoms. The zero-order valence-corrected chi connectivity index (χ0v) is 19.5. The van der Waals surface area contributed by atoms with Gasteiger partial charge in [0.15, 0.2) is 9.47 Å². The molecule has 0 atom stereocenters. The summed E-state index contributed by atoms with van der Waals surface area (Å²) in [7, 11) is 0. The molecule has 4 rings (SSSR count). The lowest BCUT2D eigenvalue weighted by Gasteiger charge is -2.05. The number of aromatic nitrogens is 3. The van der Waals surface area contributed by atoms with E-state index in [-0.39, 0.29) is 11.7 Å². The number of amides is 1. The van der Waals surface area contributed by atoms with E-state index in [1.807, 2.05) is 13.0 Å². The summed E-state index contributed by atoms with van der Waals surface area (Å²) in [6, 6.07) is 10.4. The van der Waals surface area contributed by atoms with Crippen LogP contribution in [0.3, 0.4) is 0 Å². The Balaban J connectivity index is 1.34. The molecule has 4 aromatic rings. The van der Waals surface area contributed by atoms with Crippen LogP contribution >= 0.6 is 34.4 Å². The van der Waals surface area contributed by atoms with E-state index in [9.17, 15) is 4.79 Å². The summed E-state index contributed by atoms with van der Waals surface area (Å²) in [5.74, 6) is 0.152. The van der Waals surface area contributed by atoms with Gasteiger partial charge in [-0.2, -0.15) is 0 Å². The van der Waals surface area contributed by atoms with E-state index in [0.29, 0.717) is 10.3 Å². The zero-order chi connectivity index (χ0) is 21.3. The van der Waals surface area contributed by atoms with Gasteiger partial charge in [-0.3, -0.25) is 4.79 Å². The first-order valence-electron chi connectivity index (χ1n) is 9.35. The standard InChI is InChI=1S/C21H21N5OS3/c1-11-7-14(4)18-16(8-11)29-19(24-18)23-17(27)10-28-21-26-25-20(30-21)22-15-6-5-12(2)13(3)9-15/h5-9H,10H2,1-4H3,(H,22,25)(H,23,24,27). The number of aryl methyl sites for hydroxylation is 4. The molecule has 0 aliphatic rings. The van der Waals surface area contributed by atoms with Crippen LogP contribution in [-0.2, 0) is 4.79 Å². The van der Waals surface area contributed by atoms with Crippen LogP contribution in [0.25, 0.3) is 10.2 Å². The summed E-state index contributed by atoms with van der Waals surface area (Å²) in [5, 5.41) is 15.8. The Labute approximate surface area is 187 Å². The van der Waals surface area contributed by atoms with Crippen molar-refractivity contribution in [3.05, 3.63) is 52.6 Å². The highest BCUT2D eigenvalue weighted by molar-refractivity contribution is 8.01. The van der Waals surface area contributed by atoms with Gasteiger partial charge in [0, 0.05) is 5.69 Å². The molecule has 2 aromatic carbocycles. The molecular weight excluding hydrogens is 434 g/mol. The summed E-state index contributed by atoms with van der Waals surface area (Å²) in [4.78, 5) is 16.9. The van der Waals surface area contributed by atoms with Crippen molar-refractivity contribution in [1.29, 1.82) is 0 Å². The maximum Gasteiger partial charge on any atom is 0.236 e. The van der Waals surface area contributed by atoms with Gasteiger partial charge in [0.2, 0.25) is 11.0 Å². The number of thioether (sulfide) groups is 1. The number of nitrogens with one attached hydrogen (secondary N) is 2. The number of rotatable bonds is 6. The Hall–Kier alpha value is -2.49. The topological polar surface area (TPSA) is 79.8 Å². The van der Waals surface area contributed by atoms with Crippen molar-refractivity contribution in [2.45, 2.75) is 32.0 Å². The second kappa shape index (κ2) is 8.71. The molecule has 2 heterocycles.